The molecule has 0 unspecified atom stereocenters. The van der Waals surface area contributed by atoms with E-state index in [2.05, 4.69) is 10.6 Å². The Bertz CT molecular complexity index is 895. The van der Waals surface area contributed by atoms with E-state index in [0.29, 0.717) is 28.8 Å². The third-order valence-corrected chi connectivity index (χ3v) is 4.41. The van der Waals surface area contributed by atoms with Crippen LogP contribution in [0.15, 0.2) is 30.3 Å². The van der Waals surface area contributed by atoms with Crippen LogP contribution in [0.3, 0.4) is 0 Å². The van der Waals surface area contributed by atoms with E-state index in [4.69, 9.17) is 30.5 Å². The summed E-state index contributed by atoms with van der Waals surface area (Å²) in [5.74, 6) is 2.13. The summed E-state index contributed by atoms with van der Waals surface area (Å²) in [4.78, 5) is 12.0. The van der Waals surface area contributed by atoms with Gasteiger partial charge >= 0.3 is 0 Å². The van der Waals surface area contributed by atoms with Crippen LogP contribution in [0.4, 0.5) is 5.69 Å². The Morgan fingerprint density at radius 2 is 1.90 bits per heavy atom. The fourth-order valence-electron chi connectivity index (χ4n) is 2.79. The number of fused-ring (bicyclic) bond motifs is 1. The molecule has 0 aromatic heterocycles. The van der Waals surface area contributed by atoms with Gasteiger partial charge in [0.1, 0.15) is 0 Å². The summed E-state index contributed by atoms with van der Waals surface area (Å²) in [5, 5.41) is 6.64. The Morgan fingerprint density at radius 1 is 1.14 bits per heavy atom. The Balaban J connectivity index is 1.65. The van der Waals surface area contributed by atoms with Crippen molar-refractivity contribution in [1.29, 1.82) is 0 Å². The van der Waals surface area contributed by atoms with Gasteiger partial charge in [0.05, 0.1) is 7.11 Å². The summed E-state index contributed by atoms with van der Waals surface area (Å²) in [7, 11) is 1.54. The lowest BCUT2D eigenvalue weighted by Gasteiger charge is -2.21. The monoisotopic (exact) mass is 420 g/mol. The minimum Gasteiger partial charge on any atom is -0.493 e. The van der Waals surface area contributed by atoms with Crippen LogP contribution in [0.5, 0.6) is 23.0 Å². The van der Waals surface area contributed by atoms with Crippen LogP contribution in [0.1, 0.15) is 26.3 Å². The smallest absolute Gasteiger partial charge is 0.258 e. The van der Waals surface area contributed by atoms with Gasteiger partial charge in [-0.2, -0.15) is 0 Å². The molecule has 156 valence electrons. The van der Waals surface area contributed by atoms with Crippen LogP contribution in [-0.4, -0.2) is 32.0 Å². The van der Waals surface area contributed by atoms with Gasteiger partial charge in [0, 0.05) is 34.9 Å². The average molecular weight is 421 g/mol. The van der Waals surface area contributed by atoms with Crippen molar-refractivity contribution in [2.75, 3.05) is 25.8 Å². The zero-order valence-corrected chi connectivity index (χ0v) is 17.7. The topological polar surface area (TPSA) is 78.1 Å². The van der Waals surface area contributed by atoms with E-state index in [0.717, 1.165) is 17.0 Å². The molecule has 2 aromatic rings. The Labute approximate surface area is 175 Å². The lowest BCUT2D eigenvalue weighted by atomic mass is 10.1. The molecule has 0 atom stereocenters. The molecule has 0 saturated heterocycles. The molecule has 3 rings (SSSR count). The van der Waals surface area contributed by atoms with Crippen molar-refractivity contribution in [2.45, 2.75) is 32.9 Å². The van der Waals surface area contributed by atoms with Gasteiger partial charge in [0.25, 0.3) is 5.91 Å². The van der Waals surface area contributed by atoms with Crippen LogP contribution in [0.2, 0.25) is 5.02 Å². The Morgan fingerprint density at radius 3 is 2.62 bits per heavy atom. The fraction of sp³-hybridized carbons (Fsp3) is 0.381. The number of anilines is 1. The second kappa shape index (κ2) is 8.69. The van der Waals surface area contributed by atoms with Crippen molar-refractivity contribution in [3.63, 3.8) is 0 Å². The summed E-state index contributed by atoms with van der Waals surface area (Å²) in [5.41, 5.74) is 1.38. The predicted octanol–water partition coefficient (Wildman–Crippen LogP) is 3.98. The molecule has 1 amide bonds. The molecule has 8 heteroatoms. The fourth-order valence-corrected chi connectivity index (χ4v) is 3.01. The van der Waals surface area contributed by atoms with E-state index < -0.39 is 0 Å². The summed E-state index contributed by atoms with van der Waals surface area (Å²) < 4.78 is 21.7. The molecule has 0 spiro atoms. The standard InChI is InChI=1S/C21H25ClN2O5/c1-21(2,3)24-20(25)11-27-19-9-15(22)13(7-17(19)26-4)10-23-14-5-6-16-18(8-14)29-12-28-16/h5-9,23H,10-12H2,1-4H3,(H,24,25). The molecule has 0 aliphatic carbocycles. The van der Waals surface area contributed by atoms with Gasteiger partial charge in [-0.3, -0.25) is 4.79 Å². The summed E-state index contributed by atoms with van der Waals surface area (Å²) in [6.45, 7) is 6.30. The van der Waals surface area contributed by atoms with Gasteiger partial charge in [-0.05, 0) is 44.5 Å². The molecule has 0 saturated carbocycles. The SMILES string of the molecule is COc1cc(CNc2ccc3c(c2)OCO3)c(Cl)cc1OCC(=O)NC(C)(C)C. The molecule has 1 aliphatic rings. The van der Waals surface area contributed by atoms with Gasteiger partial charge in [0.15, 0.2) is 29.6 Å². The first kappa shape index (κ1) is 20.9. The molecular formula is C21H25ClN2O5. The van der Waals surface area contributed by atoms with E-state index in [1.165, 1.54) is 0 Å². The first-order chi connectivity index (χ1) is 13.7. The Kier molecular flexibility index (Phi) is 6.27. The maximum Gasteiger partial charge on any atom is 0.258 e. The number of amides is 1. The number of rotatable bonds is 7. The Hall–Kier alpha value is -2.80. The zero-order valence-electron chi connectivity index (χ0n) is 16.9. The number of carbonyl (C=O) groups is 1. The van der Waals surface area contributed by atoms with Gasteiger partial charge in [-0.1, -0.05) is 11.6 Å². The molecule has 2 aromatic carbocycles. The van der Waals surface area contributed by atoms with E-state index >= 15 is 0 Å². The molecule has 0 bridgehead atoms. The maximum absolute atomic E-state index is 12.0. The van der Waals surface area contributed by atoms with E-state index in [1.54, 1.807) is 19.2 Å². The predicted molar refractivity (Wildman–Crippen MR) is 111 cm³/mol. The molecule has 0 fully saturated rings. The van der Waals surface area contributed by atoms with Gasteiger partial charge in [-0.15, -0.1) is 0 Å². The highest BCUT2D eigenvalue weighted by Crippen LogP contribution is 2.36. The second-order valence-electron chi connectivity index (χ2n) is 7.60. The van der Waals surface area contributed by atoms with E-state index in [9.17, 15) is 4.79 Å². The van der Waals surface area contributed by atoms with Crippen molar-refractivity contribution in [3.05, 3.63) is 40.9 Å². The van der Waals surface area contributed by atoms with Gasteiger partial charge in [-0.25, -0.2) is 0 Å². The number of benzene rings is 2. The van der Waals surface area contributed by atoms with Crippen LogP contribution >= 0.6 is 11.6 Å². The molecule has 1 aliphatic heterocycles. The molecule has 0 radical (unpaired) electrons. The highest BCUT2D eigenvalue weighted by Gasteiger charge is 2.17. The van der Waals surface area contributed by atoms with Crippen LogP contribution in [-0.2, 0) is 11.3 Å². The van der Waals surface area contributed by atoms with Crippen LogP contribution in [0.25, 0.3) is 0 Å². The molecule has 1 heterocycles. The molecule has 7 nitrogen and oxygen atoms in total. The molecule has 29 heavy (non-hydrogen) atoms. The van der Waals surface area contributed by atoms with Crippen molar-refractivity contribution < 1.29 is 23.7 Å². The highest BCUT2D eigenvalue weighted by molar-refractivity contribution is 6.31. The third-order valence-electron chi connectivity index (χ3n) is 4.06. The number of hydrogen-bond donors (Lipinski definition) is 2. The quantitative estimate of drug-likeness (QED) is 0.705. The largest absolute Gasteiger partial charge is 0.493 e. The minimum absolute atomic E-state index is 0.126. The minimum atomic E-state index is -0.327. The highest BCUT2D eigenvalue weighted by atomic mass is 35.5. The average Bonchev–Trinajstić information content (AvgIpc) is 3.12. The molecule has 2 N–H and O–H groups in total. The van der Waals surface area contributed by atoms with Gasteiger partial charge in [0.2, 0.25) is 6.79 Å². The van der Waals surface area contributed by atoms with Crippen molar-refractivity contribution >= 4 is 23.2 Å². The normalized spacial score (nSPS) is 12.4. The van der Waals surface area contributed by atoms with Gasteiger partial charge < -0.3 is 29.6 Å². The number of halogens is 1. The van der Waals surface area contributed by atoms with Crippen molar-refractivity contribution in [1.82, 2.24) is 5.32 Å². The van der Waals surface area contributed by atoms with Crippen LogP contribution < -0.4 is 29.6 Å². The lowest BCUT2D eigenvalue weighted by molar-refractivity contribution is -0.124. The number of carbonyl (C=O) groups excluding carboxylic acids is 1. The van der Waals surface area contributed by atoms with Crippen molar-refractivity contribution in [3.8, 4) is 23.0 Å². The number of methoxy groups -OCH3 is 1. The van der Waals surface area contributed by atoms with E-state index in [1.807, 2.05) is 39.0 Å². The zero-order chi connectivity index (χ0) is 21.0. The van der Waals surface area contributed by atoms with Crippen LogP contribution in [0, 0.1) is 0 Å². The first-order valence-corrected chi connectivity index (χ1v) is 9.57. The summed E-state index contributed by atoms with van der Waals surface area (Å²) in [6, 6.07) is 9.08. The first-order valence-electron chi connectivity index (χ1n) is 9.19. The van der Waals surface area contributed by atoms with E-state index in [-0.39, 0.29) is 24.8 Å². The number of hydrogen-bond acceptors (Lipinski definition) is 6. The van der Waals surface area contributed by atoms with Crippen molar-refractivity contribution in [2.24, 2.45) is 0 Å². The number of ether oxygens (including phenoxy) is 4. The molecular weight excluding hydrogens is 396 g/mol. The third kappa shape index (κ3) is 5.60. The summed E-state index contributed by atoms with van der Waals surface area (Å²) >= 11 is 6.42. The summed E-state index contributed by atoms with van der Waals surface area (Å²) in [6.07, 6.45) is 0. The maximum atomic E-state index is 12.0. The lowest BCUT2D eigenvalue weighted by Crippen LogP contribution is -2.43. The number of nitrogens with one attached hydrogen (secondary N) is 2. The second-order valence-corrected chi connectivity index (χ2v) is 8.01.